The Labute approximate surface area is 155 Å². The zero-order chi connectivity index (χ0) is 18.9. The van der Waals surface area contributed by atoms with Crippen LogP contribution >= 0.6 is 0 Å². The SMILES string of the molecule is CCCOc1ccc(CNC(=O)COc2ccc(C)cc2C)cc1OC. The van der Waals surface area contributed by atoms with Gasteiger partial charge in [-0.25, -0.2) is 0 Å². The van der Waals surface area contributed by atoms with Gasteiger partial charge in [0.1, 0.15) is 5.75 Å². The second-order valence-electron chi connectivity index (χ2n) is 6.17. The van der Waals surface area contributed by atoms with Gasteiger partial charge in [0.25, 0.3) is 5.91 Å². The van der Waals surface area contributed by atoms with Gasteiger partial charge in [0.05, 0.1) is 13.7 Å². The van der Waals surface area contributed by atoms with Crippen LogP contribution in [0.1, 0.15) is 30.0 Å². The Kier molecular flexibility index (Phi) is 7.33. The molecule has 1 N–H and O–H groups in total. The zero-order valence-electron chi connectivity index (χ0n) is 15.9. The maximum atomic E-state index is 12.0. The standard InChI is InChI=1S/C21H27NO4/c1-5-10-25-19-9-7-17(12-20(19)24-4)13-22-21(23)14-26-18-8-6-15(2)11-16(18)3/h6-9,11-12H,5,10,13-14H2,1-4H3,(H,22,23). The molecule has 0 heterocycles. The normalized spacial score (nSPS) is 10.3. The quantitative estimate of drug-likeness (QED) is 0.742. The van der Waals surface area contributed by atoms with Crippen molar-refractivity contribution >= 4 is 5.91 Å². The number of ether oxygens (including phenoxy) is 3. The smallest absolute Gasteiger partial charge is 0.258 e. The van der Waals surface area contributed by atoms with E-state index in [9.17, 15) is 4.79 Å². The highest BCUT2D eigenvalue weighted by atomic mass is 16.5. The van der Waals surface area contributed by atoms with E-state index < -0.39 is 0 Å². The Morgan fingerprint density at radius 1 is 1.00 bits per heavy atom. The minimum atomic E-state index is -0.171. The zero-order valence-corrected chi connectivity index (χ0v) is 15.9. The molecule has 2 aromatic rings. The van der Waals surface area contributed by atoms with Crippen LogP contribution in [0.15, 0.2) is 36.4 Å². The van der Waals surface area contributed by atoms with Gasteiger partial charge in [-0.3, -0.25) is 4.79 Å². The van der Waals surface area contributed by atoms with Crippen molar-refractivity contribution < 1.29 is 19.0 Å². The van der Waals surface area contributed by atoms with E-state index in [2.05, 4.69) is 12.2 Å². The largest absolute Gasteiger partial charge is 0.493 e. The molecule has 0 saturated heterocycles. The third-order valence-corrected chi connectivity index (χ3v) is 3.87. The summed E-state index contributed by atoms with van der Waals surface area (Å²) in [5, 5.41) is 2.85. The van der Waals surface area contributed by atoms with Gasteiger partial charge in [-0.2, -0.15) is 0 Å². The molecule has 0 aliphatic rings. The summed E-state index contributed by atoms with van der Waals surface area (Å²) in [7, 11) is 1.61. The number of hydrogen-bond donors (Lipinski definition) is 1. The molecule has 0 aliphatic carbocycles. The van der Waals surface area contributed by atoms with E-state index in [1.54, 1.807) is 7.11 Å². The van der Waals surface area contributed by atoms with Crippen LogP contribution in [-0.2, 0) is 11.3 Å². The lowest BCUT2D eigenvalue weighted by Gasteiger charge is -2.13. The van der Waals surface area contributed by atoms with Crippen molar-refractivity contribution in [2.24, 2.45) is 0 Å². The van der Waals surface area contributed by atoms with E-state index in [-0.39, 0.29) is 12.5 Å². The number of carbonyl (C=O) groups is 1. The average molecular weight is 357 g/mol. The Morgan fingerprint density at radius 2 is 1.77 bits per heavy atom. The molecule has 0 bridgehead atoms. The molecule has 5 nitrogen and oxygen atoms in total. The van der Waals surface area contributed by atoms with Crippen LogP contribution in [0.2, 0.25) is 0 Å². The number of nitrogens with one attached hydrogen (secondary N) is 1. The van der Waals surface area contributed by atoms with Crippen LogP contribution < -0.4 is 19.5 Å². The molecule has 0 atom stereocenters. The van der Waals surface area contributed by atoms with Gasteiger partial charge in [-0.15, -0.1) is 0 Å². The molecule has 2 rings (SSSR count). The first-order valence-electron chi connectivity index (χ1n) is 8.80. The van der Waals surface area contributed by atoms with Crippen LogP contribution in [0.4, 0.5) is 0 Å². The lowest BCUT2D eigenvalue weighted by Crippen LogP contribution is -2.28. The van der Waals surface area contributed by atoms with Crippen molar-refractivity contribution in [1.29, 1.82) is 0 Å². The second-order valence-corrected chi connectivity index (χ2v) is 6.17. The predicted octanol–water partition coefficient (Wildman–Crippen LogP) is 3.80. The molecule has 0 spiro atoms. The first-order valence-corrected chi connectivity index (χ1v) is 8.80. The molecule has 0 radical (unpaired) electrons. The number of hydrogen-bond acceptors (Lipinski definition) is 4. The van der Waals surface area contributed by atoms with E-state index in [4.69, 9.17) is 14.2 Å². The highest BCUT2D eigenvalue weighted by molar-refractivity contribution is 5.77. The van der Waals surface area contributed by atoms with Crippen LogP contribution in [0.5, 0.6) is 17.2 Å². The highest BCUT2D eigenvalue weighted by Crippen LogP contribution is 2.28. The van der Waals surface area contributed by atoms with Crippen LogP contribution in [0.25, 0.3) is 0 Å². The molecule has 2 aromatic carbocycles. The summed E-state index contributed by atoms with van der Waals surface area (Å²) in [5.74, 6) is 1.93. The molecule has 1 amide bonds. The fraction of sp³-hybridized carbons (Fsp3) is 0.381. The molecule has 140 valence electrons. The minimum absolute atomic E-state index is 0.0151. The van der Waals surface area contributed by atoms with Crippen molar-refractivity contribution in [1.82, 2.24) is 5.32 Å². The van der Waals surface area contributed by atoms with E-state index in [0.29, 0.717) is 24.7 Å². The number of aryl methyl sites for hydroxylation is 2. The first kappa shape index (κ1) is 19.6. The van der Waals surface area contributed by atoms with Gasteiger partial charge in [-0.05, 0) is 49.6 Å². The maximum Gasteiger partial charge on any atom is 0.258 e. The molecule has 0 aliphatic heterocycles. The number of methoxy groups -OCH3 is 1. The Hall–Kier alpha value is -2.69. The summed E-state index contributed by atoms with van der Waals surface area (Å²) in [4.78, 5) is 12.0. The van der Waals surface area contributed by atoms with Gasteiger partial charge in [0.15, 0.2) is 18.1 Å². The predicted molar refractivity (Wildman–Crippen MR) is 102 cm³/mol. The monoisotopic (exact) mass is 357 g/mol. The van der Waals surface area contributed by atoms with E-state index in [1.165, 1.54) is 5.56 Å². The fourth-order valence-electron chi connectivity index (χ4n) is 2.51. The minimum Gasteiger partial charge on any atom is -0.493 e. The molecule has 0 saturated carbocycles. The third kappa shape index (κ3) is 5.69. The third-order valence-electron chi connectivity index (χ3n) is 3.87. The first-order chi connectivity index (χ1) is 12.5. The number of rotatable bonds is 9. The molecular weight excluding hydrogens is 330 g/mol. The van der Waals surface area contributed by atoms with Crippen molar-refractivity contribution in [2.45, 2.75) is 33.7 Å². The average Bonchev–Trinajstić information content (AvgIpc) is 2.64. The lowest BCUT2D eigenvalue weighted by atomic mass is 10.1. The van der Waals surface area contributed by atoms with Crippen molar-refractivity contribution in [2.75, 3.05) is 20.3 Å². The van der Waals surface area contributed by atoms with Crippen molar-refractivity contribution in [3.8, 4) is 17.2 Å². The summed E-state index contributed by atoms with van der Waals surface area (Å²) in [6.45, 7) is 7.07. The van der Waals surface area contributed by atoms with Crippen LogP contribution in [0.3, 0.4) is 0 Å². The molecular formula is C21H27NO4. The fourth-order valence-corrected chi connectivity index (χ4v) is 2.51. The van der Waals surface area contributed by atoms with Gasteiger partial charge < -0.3 is 19.5 Å². The maximum absolute atomic E-state index is 12.0. The number of benzene rings is 2. The van der Waals surface area contributed by atoms with Gasteiger partial charge in [-0.1, -0.05) is 30.7 Å². The summed E-state index contributed by atoms with van der Waals surface area (Å²) in [6.07, 6.45) is 0.932. The van der Waals surface area contributed by atoms with Crippen molar-refractivity contribution in [3.05, 3.63) is 53.1 Å². The van der Waals surface area contributed by atoms with Crippen molar-refractivity contribution in [3.63, 3.8) is 0 Å². The number of amides is 1. The van der Waals surface area contributed by atoms with Gasteiger partial charge >= 0.3 is 0 Å². The molecule has 26 heavy (non-hydrogen) atoms. The molecule has 0 fully saturated rings. The summed E-state index contributed by atoms with van der Waals surface area (Å²) < 4.78 is 16.6. The Bertz CT molecular complexity index is 743. The summed E-state index contributed by atoms with van der Waals surface area (Å²) in [6, 6.07) is 11.5. The molecule has 5 heteroatoms. The number of carbonyl (C=O) groups excluding carboxylic acids is 1. The van der Waals surface area contributed by atoms with E-state index >= 15 is 0 Å². The topological polar surface area (TPSA) is 56.8 Å². The molecule has 0 unspecified atom stereocenters. The summed E-state index contributed by atoms with van der Waals surface area (Å²) in [5.41, 5.74) is 3.12. The van der Waals surface area contributed by atoms with E-state index in [1.807, 2.05) is 50.2 Å². The summed E-state index contributed by atoms with van der Waals surface area (Å²) >= 11 is 0. The second kappa shape index (κ2) is 9.70. The van der Waals surface area contributed by atoms with E-state index in [0.717, 1.165) is 23.3 Å². The van der Waals surface area contributed by atoms with Crippen LogP contribution in [0, 0.1) is 13.8 Å². The Morgan fingerprint density at radius 3 is 2.46 bits per heavy atom. The van der Waals surface area contributed by atoms with Gasteiger partial charge in [0.2, 0.25) is 0 Å². The molecule has 0 aromatic heterocycles. The Balaban J connectivity index is 1.86. The highest BCUT2D eigenvalue weighted by Gasteiger charge is 2.08. The van der Waals surface area contributed by atoms with Crippen LogP contribution in [-0.4, -0.2) is 26.2 Å². The van der Waals surface area contributed by atoms with Gasteiger partial charge in [0, 0.05) is 6.54 Å². The lowest BCUT2D eigenvalue weighted by molar-refractivity contribution is -0.123.